The molecule has 18 nitrogen and oxygen atoms in total. The molecule has 8 heterocycles. The topological polar surface area (TPSA) is 236 Å². The smallest absolute Gasteiger partial charge is 0.312 e. The normalized spacial score (nSPS) is 19.8. The zero-order valence-electron chi connectivity index (χ0n) is 39.2. The number of benzene rings is 2. The number of H-pyrrole nitrogens is 2. The Morgan fingerprint density at radius 3 is 2.20 bits per heavy atom. The lowest BCUT2D eigenvalue weighted by Gasteiger charge is -2.40. The third-order valence-corrected chi connectivity index (χ3v) is 13.8. The van der Waals surface area contributed by atoms with E-state index in [4.69, 9.17) is 9.47 Å². The highest BCUT2D eigenvalue weighted by atomic mass is 16.5. The SMILES string of the molecule is C=CC(=O)Nc1cc(-c2cc(-c3cc4c([nH]3)C3(CCC[N+](=CC(=O)Nc5ccccc5C(=O)Nc5cc(-c6cc7c([nH]6)C6(CCCNC6)CNC7=O)ccn5)C3)CNC4=O)ccn2)ccc1OCCOC. The van der Waals surface area contributed by atoms with Gasteiger partial charge in [0.2, 0.25) is 12.1 Å². The van der Waals surface area contributed by atoms with Gasteiger partial charge in [0.25, 0.3) is 17.7 Å². The lowest BCUT2D eigenvalue weighted by atomic mass is 9.74. The number of hydrogen-bond acceptors (Lipinski definition) is 10. The second kappa shape index (κ2) is 19.6. The lowest BCUT2D eigenvalue weighted by molar-refractivity contribution is -0.543. The van der Waals surface area contributed by atoms with Crippen LogP contribution in [-0.2, 0) is 25.2 Å². The molecule has 71 heavy (non-hydrogen) atoms. The molecule has 4 aliphatic heterocycles. The quantitative estimate of drug-likeness (QED) is 0.0417. The van der Waals surface area contributed by atoms with Crippen molar-refractivity contribution in [2.45, 2.75) is 36.5 Å². The first-order chi connectivity index (χ1) is 34.5. The molecule has 4 aromatic heterocycles. The van der Waals surface area contributed by atoms with Crippen LogP contribution in [-0.4, -0.2) is 120 Å². The van der Waals surface area contributed by atoms with Gasteiger partial charge in [-0.2, -0.15) is 0 Å². The molecule has 0 bridgehead atoms. The Morgan fingerprint density at radius 2 is 1.45 bits per heavy atom. The zero-order chi connectivity index (χ0) is 49.1. The van der Waals surface area contributed by atoms with Crippen LogP contribution in [0.1, 0.15) is 68.1 Å². The maximum absolute atomic E-state index is 13.9. The molecule has 2 saturated heterocycles. The molecule has 8 N–H and O–H groups in total. The molecule has 4 aliphatic rings. The Balaban J connectivity index is 0.841. The number of ether oxygens (including phenoxy) is 2. The summed E-state index contributed by atoms with van der Waals surface area (Å²) >= 11 is 0. The zero-order valence-corrected chi connectivity index (χ0v) is 39.2. The molecular formula is C53H54N11O7+. The number of para-hydroxylation sites is 1. The standard InChI is InChI=1S/C53H53N11O7/c1-3-45(65)60-42-23-32(10-11-43(42)71-21-20-70-2)39-22-33(12-17-55-39)40-26-37-48(62-40)53(30-58-50(37)68)15-7-19-64(31-53)27-46(66)59-38-9-5-4-8-35(38)51(69)63-44-24-34(13-18-56-44)41-25-36-47(61-41)52(29-57-49(36)67)14-6-16-54-28-52/h3-5,8-13,17-18,22-27,54H,1,6-7,14-16,19-21,28-31H2,2H3,(H6-,55,56,57,58,59,60,61,62,63,65,66,67,68,69)/p+1. The summed E-state index contributed by atoms with van der Waals surface area (Å²) in [5.41, 5.74) is 7.58. The minimum absolute atomic E-state index is 0.112. The first-order valence-electron chi connectivity index (χ1n) is 23.7. The van der Waals surface area contributed by atoms with Crippen molar-refractivity contribution in [3.63, 3.8) is 0 Å². The molecule has 2 atom stereocenters. The fourth-order valence-corrected chi connectivity index (χ4v) is 10.3. The maximum Gasteiger partial charge on any atom is 0.312 e. The molecule has 0 aliphatic carbocycles. The predicted octanol–water partition coefficient (Wildman–Crippen LogP) is 5.40. The van der Waals surface area contributed by atoms with Gasteiger partial charge in [-0.1, -0.05) is 18.7 Å². The third-order valence-electron chi connectivity index (χ3n) is 13.8. The molecular weight excluding hydrogens is 903 g/mol. The van der Waals surface area contributed by atoms with E-state index >= 15 is 0 Å². The number of methoxy groups -OCH3 is 1. The number of aromatic nitrogens is 4. The summed E-state index contributed by atoms with van der Waals surface area (Å²) in [4.78, 5) is 82.5. The number of nitrogens with zero attached hydrogens (tertiary/aromatic N) is 3. The highest BCUT2D eigenvalue weighted by Gasteiger charge is 2.47. The Morgan fingerprint density at radius 1 is 0.746 bits per heavy atom. The summed E-state index contributed by atoms with van der Waals surface area (Å²) in [6, 6.07) is 23.3. The Labute approximate surface area is 409 Å². The minimum atomic E-state index is -0.525. The van der Waals surface area contributed by atoms with E-state index in [1.807, 2.05) is 41.0 Å². The van der Waals surface area contributed by atoms with Gasteiger partial charge in [-0.05, 0) is 98.6 Å². The number of nitrogens with one attached hydrogen (secondary N) is 8. The van der Waals surface area contributed by atoms with Crippen LogP contribution in [0, 0.1) is 0 Å². The van der Waals surface area contributed by atoms with Crippen LogP contribution in [0.4, 0.5) is 17.2 Å². The van der Waals surface area contributed by atoms with Crippen LogP contribution in [0.15, 0.2) is 104 Å². The number of amides is 5. The van der Waals surface area contributed by atoms with Crippen LogP contribution in [0.3, 0.4) is 0 Å². The molecule has 2 fully saturated rings. The van der Waals surface area contributed by atoms with E-state index in [2.05, 4.69) is 58.4 Å². The molecule has 362 valence electrons. The van der Waals surface area contributed by atoms with Gasteiger partial charge in [0, 0.05) is 90.4 Å². The van der Waals surface area contributed by atoms with Gasteiger partial charge in [-0.25, -0.2) is 9.56 Å². The van der Waals surface area contributed by atoms with Gasteiger partial charge < -0.3 is 51.3 Å². The van der Waals surface area contributed by atoms with Crippen LogP contribution in [0.25, 0.3) is 33.8 Å². The summed E-state index contributed by atoms with van der Waals surface area (Å²) in [5, 5.41) is 18.3. The Bertz CT molecular complexity index is 3130. The van der Waals surface area contributed by atoms with Crippen molar-refractivity contribution in [1.29, 1.82) is 0 Å². The van der Waals surface area contributed by atoms with E-state index < -0.39 is 17.2 Å². The van der Waals surface area contributed by atoms with Gasteiger partial charge in [0.15, 0.2) is 6.54 Å². The Hall–Kier alpha value is -8.22. The average Bonchev–Trinajstić information content (AvgIpc) is 4.07. The van der Waals surface area contributed by atoms with Gasteiger partial charge in [0.05, 0.1) is 45.8 Å². The van der Waals surface area contributed by atoms with Crippen molar-refractivity contribution in [1.82, 2.24) is 35.9 Å². The highest BCUT2D eigenvalue weighted by Crippen LogP contribution is 2.41. The Kier molecular flexibility index (Phi) is 12.9. The molecule has 18 heteroatoms. The van der Waals surface area contributed by atoms with Crippen LogP contribution in [0.2, 0.25) is 0 Å². The number of fused-ring (bicyclic) bond motifs is 4. The molecule has 0 radical (unpaired) electrons. The number of carbonyl (C=O) groups is 5. The van der Waals surface area contributed by atoms with Crippen molar-refractivity contribution in [3.8, 4) is 39.5 Å². The van der Waals surface area contributed by atoms with Crippen molar-refractivity contribution in [3.05, 3.63) is 132 Å². The molecule has 2 aromatic carbocycles. The molecule has 0 saturated carbocycles. The summed E-state index contributed by atoms with van der Waals surface area (Å²) < 4.78 is 12.9. The van der Waals surface area contributed by atoms with E-state index in [-0.39, 0.29) is 28.7 Å². The molecule has 2 unspecified atom stereocenters. The van der Waals surface area contributed by atoms with E-state index in [0.717, 1.165) is 78.2 Å². The fraction of sp³-hybridized carbons (Fsp3) is 0.283. The molecule has 5 amide bonds. The number of hydrogen-bond donors (Lipinski definition) is 8. The van der Waals surface area contributed by atoms with E-state index in [0.29, 0.717) is 79.2 Å². The molecule has 10 rings (SSSR count). The second-order valence-corrected chi connectivity index (χ2v) is 18.4. The van der Waals surface area contributed by atoms with Crippen molar-refractivity contribution in [2.75, 3.05) is 75.5 Å². The monoisotopic (exact) mass is 956 g/mol. The summed E-state index contributed by atoms with van der Waals surface area (Å²) in [5.74, 6) is -0.779. The number of carbonyl (C=O) groups excluding carboxylic acids is 5. The van der Waals surface area contributed by atoms with Crippen LogP contribution >= 0.6 is 0 Å². The van der Waals surface area contributed by atoms with Gasteiger partial charge in [0.1, 0.15) is 24.7 Å². The average molecular weight is 957 g/mol. The number of piperidine rings is 2. The van der Waals surface area contributed by atoms with Crippen molar-refractivity contribution >= 4 is 52.9 Å². The lowest BCUT2D eigenvalue weighted by Crippen LogP contribution is -2.54. The third kappa shape index (κ3) is 9.46. The minimum Gasteiger partial charge on any atom is -0.489 e. The molecule has 6 aromatic rings. The maximum atomic E-state index is 13.9. The number of rotatable bonds is 13. The van der Waals surface area contributed by atoms with E-state index in [1.54, 1.807) is 62.0 Å². The number of aromatic amines is 2. The van der Waals surface area contributed by atoms with E-state index in [9.17, 15) is 24.0 Å². The van der Waals surface area contributed by atoms with Crippen LogP contribution in [0.5, 0.6) is 5.75 Å². The predicted molar refractivity (Wildman–Crippen MR) is 268 cm³/mol. The van der Waals surface area contributed by atoms with Crippen molar-refractivity contribution in [2.24, 2.45) is 0 Å². The largest absolute Gasteiger partial charge is 0.489 e. The first kappa shape index (κ1) is 46.5. The second-order valence-electron chi connectivity index (χ2n) is 18.4. The van der Waals surface area contributed by atoms with Gasteiger partial charge in [-0.3, -0.25) is 29.0 Å². The summed E-state index contributed by atoms with van der Waals surface area (Å²) in [6.45, 7) is 7.95. The summed E-state index contributed by atoms with van der Waals surface area (Å²) in [6.07, 6.45) is 9.50. The van der Waals surface area contributed by atoms with E-state index in [1.165, 1.54) is 12.3 Å². The number of anilines is 3. The van der Waals surface area contributed by atoms with Gasteiger partial charge >= 0.3 is 5.91 Å². The fourth-order valence-electron chi connectivity index (χ4n) is 10.3. The highest BCUT2D eigenvalue weighted by molar-refractivity contribution is 6.30. The molecule has 2 spiro atoms. The van der Waals surface area contributed by atoms with Gasteiger partial charge in [-0.15, -0.1) is 0 Å². The first-order valence-corrected chi connectivity index (χ1v) is 23.7. The van der Waals surface area contributed by atoms with Crippen LogP contribution < -0.4 is 36.6 Å². The van der Waals surface area contributed by atoms with Crippen molar-refractivity contribution < 1.29 is 38.0 Å². The summed E-state index contributed by atoms with van der Waals surface area (Å²) in [7, 11) is 1.58. The number of pyridine rings is 2.